The van der Waals surface area contributed by atoms with Crippen LogP contribution in [0.4, 0.5) is 0 Å². The molecule has 2 fully saturated rings. The summed E-state index contributed by atoms with van der Waals surface area (Å²) >= 11 is 0. The average molecular weight is 452 g/mol. The smallest absolute Gasteiger partial charge is 0.324 e. The molecule has 2 aliphatic rings. The van der Waals surface area contributed by atoms with E-state index in [2.05, 4.69) is 0 Å². The predicted octanol–water partition coefficient (Wildman–Crippen LogP) is 3.63. The minimum absolute atomic E-state index is 0.0763. The van der Waals surface area contributed by atoms with E-state index in [1.54, 1.807) is 39.0 Å². The number of sulfonamides is 1. The van der Waals surface area contributed by atoms with Crippen LogP contribution in [-0.4, -0.2) is 49.3 Å². The molecule has 0 N–H and O–H groups in total. The lowest BCUT2D eigenvalue weighted by molar-refractivity contribution is -0.158. The summed E-state index contributed by atoms with van der Waals surface area (Å²) in [6.45, 7) is 7.45. The molecule has 0 amide bonds. The standard InChI is InChI=1S/C23H33NO6S/c1-16-7-10-21(20(14-16)29-18-9-8-17(15-18)11-13-25)31(27,28)24-12-5-6-19(24)22(26)30-23(2,3)4/h7,10,13-14,17-19H,5-6,8-9,11-12,15H2,1-4H3/t17-,18+,19+/m1/s1. The third kappa shape index (κ3) is 5.66. The molecule has 1 aliphatic heterocycles. The van der Waals surface area contributed by atoms with Crippen LogP contribution in [0.15, 0.2) is 23.1 Å². The first-order valence-corrected chi connectivity index (χ1v) is 12.4. The molecule has 3 rings (SSSR count). The van der Waals surface area contributed by atoms with E-state index >= 15 is 0 Å². The van der Waals surface area contributed by atoms with Gasteiger partial charge in [-0.3, -0.25) is 4.79 Å². The highest BCUT2D eigenvalue weighted by molar-refractivity contribution is 7.89. The summed E-state index contributed by atoms with van der Waals surface area (Å²) in [7, 11) is -3.95. The summed E-state index contributed by atoms with van der Waals surface area (Å²) in [4.78, 5) is 23.6. The van der Waals surface area contributed by atoms with Gasteiger partial charge in [0.2, 0.25) is 10.0 Å². The van der Waals surface area contributed by atoms with E-state index in [1.165, 1.54) is 4.31 Å². The molecule has 1 heterocycles. The Hall–Kier alpha value is -1.93. The fourth-order valence-electron chi connectivity index (χ4n) is 4.35. The van der Waals surface area contributed by atoms with Gasteiger partial charge in [0.15, 0.2) is 0 Å². The Morgan fingerprint density at radius 3 is 2.65 bits per heavy atom. The first kappa shape index (κ1) is 23.7. The van der Waals surface area contributed by atoms with Crippen molar-refractivity contribution in [3.05, 3.63) is 23.8 Å². The third-order valence-corrected chi connectivity index (χ3v) is 7.73. The molecule has 0 spiro atoms. The summed E-state index contributed by atoms with van der Waals surface area (Å²) in [5, 5.41) is 0. The quantitative estimate of drug-likeness (QED) is 0.465. The number of carbonyl (C=O) groups is 2. The van der Waals surface area contributed by atoms with E-state index in [-0.39, 0.29) is 23.5 Å². The number of hydrogen-bond donors (Lipinski definition) is 0. The van der Waals surface area contributed by atoms with Crippen LogP contribution < -0.4 is 4.74 Å². The molecule has 1 saturated heterocycles. The normalized spacial score (nSPS) is 24.8. The number of hydrogen-bond acceptors (Lipinski definition) is 6. The molecule has 8 heteroatoms. The summed E-state index contributed by atoms with van der Waals surface area (Å²) in [5.74, 6) is 0.0738. The second-order valence-electron chi connectivity index (χ2n) is 9.58. The molecule has 1 aromatic carbocycles. The first-order valence-electron chi connectivity index (χ1n) is 11.0. The molecule has 7 nitrogen and oxygen atoms in total. The zero-order valence-electron chi connectivity index (χ0n) is 18.8. The van der Waals surface area contributed by atoms with Crippen molar-refractivity contribution in [1.29, 1.82) is 0 Å². The van der Waals surface area contributed by atoms with E-state index in [4.69, 9.17) is 9.47 Å². The molecular weight excluding hydrogens is 418 g/mol. The van der Waals surface area contributed by atoms with Crippen LogP contribution in [0.2, 0.25) is 0 Å². The summed E-state index contributed by atoms with van der Waals surface area (Å²) < 4.78 is 40.0. The second kappa shape index (κ2) is 9.28. The van der Waals surface area contributed by atoms with Gasteiger partial charge >= 0.3 is 5.97 Å². The zero-order chi connectivity index (χ0) is 22.8. The minimum Gasteiger partial charge on any atom is -0.489 e. The van der Waals surface area contributed by atoms with Gasteiger partial charge in [0.1, 0.15) is 28.6 Å². The molecule has 0 bridgehead atoms. The van der Waals surface area contributed by atoms with Crippen LogP contribution in [0.1, 0.15) is 64.9 Å². The Kier molecular flexibility index (Phi) is 7.11. The van der Waals surface area contributed by atoms with Gasteiger partial charge in [0.05, 0.1) is 6.10 Å². The van der Waals surface area contributed by atoms with E-state index < -0.39 is 27.6 Å². The summed E-state index contributed by atoms with van der Waals surface area (Å²) in [6.07, 6.45) is 4.76. The van der Waals surface area contributed by atoms with E-state index in [1.807, 2.05) is 6.92 Å². The topological polar surface area (TPSA) is 90.0 Å². The number of aldehydes is 1. The van der Waals surface area contributed by atoms with Gasteiger partial charge in [-0.1, -0.05) is 6.07 Å². The Balaban J connectivity index is 1.85. The van der Waals surface area contributed by atoms with Crippen LogP contribution >= 0.6 is 0 Å². The average Bonchev–Trinajstić information content (AvgIpc) is 3.30. The molecule has 31 heavy (non-hydrogen) atoms. The number of ether oxygens (including phenoxy) is 2. The molecule has 3 atom stereocenters. The molecular formula is C23H33NO6S. The largest absolute Gasteiger partial charge is 0.489 e. The van der Waals surface area contributed by atoms with Crippen molar-refractivity contribution in [2.45, 2.75) is 88.9 Å². The molecule has 1 saturated carbocycles. The van der Waals surface area contributed by atoms with E-state index in [9.17, 15) is 18.0 Å². The van der Waals surface area contributed by atoms with Crippen molar-refractivity contribution < 1.29 is 27.5 Å². The maximum Gasteiger partial charge on any atom is 0.324 e. The third-order valence-electron chi connectivity index (χ3n) is 5.78. The van der Waals surface area contributed by atoms with Gasteiger partial charge in [-0.2, -0.15) is 4.31 Å². The van der Waals surface area contributed by atoms with E-state index in [0.717, 1.165) is 31.1 Å². The van der Waals surface area contributed by atoms with Gasteiger partial charge in [-0.15, -0.1) is 0 Å². The van der Waals surface area contributed by atoms with Crippen LogP contribution in [0.25, 0.3) is 0 Å². The fraction of sp³-hybridized carbons (Fsp3) is 0.652. The Labute approximate surface area is 185 Å². The number of nitrogens with zero attached hydrogens (tertiary/aromatic N) is 1. The second-order valence-corrected chi connectivity index (χ2v) is 11.4. The lowest BCUT2D eigenvalue weighted by Crippen LogP contribution is -2.43. The van der Waals surface area contributed by atoms with Crippen molar-refractivity contribution in [1.82, 2.24) is 4.31 Å². The fourth-order valence-corrected chi connectivity index (χ4v) is 6.10. The van der Waals surface area contributed by atoms with Gasteiger partial charge in [0.25, 0.3) is 0 Å². The molecule has 0 unspecified atom stereocenters. The maximum absolute atomic E-state index is 13.6. The number of aryl methyl sites for hydroxylation is 1. The summed E-state index contributed by atoms with van der Waals surface area (Å²) in [6, 6.07) is 4.20. The lowest BCUT2D eigenvalue weighted by Gasteiger charge is -2.28. The van der Waals surface area contributed by atoms with Crippen molar-refractivity contribution in [2.75, 3.05) is 6.54 Å². The first-order chi connectivity index (χ1) is 14.5. The predicted molar refractivity (Wildman–Crippen MR) is 116 cm³/mol. The highest BCUT2D eigenvalue weighted by Gasteiger charge is 2.42. The minimum atomic E-state index is -3.95. The molecule has 1 aromatic rings. The van der Waals surface area contributed by atoms with Gasteiger partial charge < -0.3 is 14.3 Å². The number of benzene rings is 1. The van der Waals surface area contributed by atoms with E-state index in [0.29, 0.717) is 25.0 Å². The van der Waals surface area contributed by atoms with Crippen molar-refractivity contribution in [2.24, 2.45) is 5.92 Å². The van der Waals surface area contributed by atoms with Crippen LogP contribution in [0, 0.1) is 12.8 Å². The van der Waals surface area contributed by atoms with Gasteiger partial charge in [-0.25, -0.2) is 8.42 Å². The Morgan fingerprint density at radius 2 is 1.97 bits per heavy atom. The van der Waals surface area contributed by atoms with Crippen LogP contribution in [-0.2, 0) is 24.3 Å². The zero-order valence-corrected chi connectivity index (χ0v) is 19.6. The number of rotatable bonds is 7. The number of esters is 1. The van der Waals surface area contributed by atoms with Crippen molar-refractivity contribution >= 4 is 22.3 Å². The van der Waals surface area contributed by atoms with Crippen LogP contribution in [0.3, 0.4) is 0 Å². The van der Waals surface area contributed by atoms with Gasteiger partial charge in [0, 0.05) is 13.0 Å². The maximum atomic E-state index is 13.6. The summed E-state index contributed by atoms with van der Waals surface area (Å²) in [5.41, 5.74) is 0.204. The van der Waals surface area contributed by atoms with Gasteiger partial charge in [-0.05, 0) is 83.4 Å². The Morgan fingerprint density at radius 1 is 1.23 bits per heavy atom. The SMILES string of the molecule is Cc1ccc(S(=O)(=O)N2CCC[C@H]2C(=O)OC(C)(C)C)c(O[C@H]2CC[C@H](CC=O)C2)c1. The molecule has 0 radical (unpaired) electrons. The molecule has 0 aromatic heterocycles. The highest BCUT2D eigenvalue weighted by atomic mass is 32.2. The van der Waals surface area contributed by atoms with Crippen molar-refractivity contribution in [3.8, 4) is 5.75 Å². The van der Waals surface area contributed by atoms with Crippen molar-refractivity contribution in [3.63, 3.8) is 0 Å². The lowest BCUT2D eigenvalue weighted by atomic mass is 10.1. The number of carbonyl (C=O) groups excluding carboxylic acids is 2. The highest BCUT2D eigenvalue weighted by Crippen LogP contribution is 2.36. The van der Waals surface area contributed by atoms with Crippen LogP contribution in [0.5, 0.6) is 5.75 Å². The molecule has 1 aliphatic carbocycles. The molecule has 172 valence electrons. The Bertz CT molecular complexity index is 920. The monoisotopic (exact) mass is 451 g/mol.